The lowest BCUT2D eigenvalue weighted by Gasteiger charge is -2.48. The number of ether oxygens (including phenoxy) is 2. The Morgan fingerprint density at radius 1 is 1.35 bits per heavy atom. The van der Waals surface area contributed by atoms with Gasteiger partial charge in [0.15, 0.2) is 0 Å². The second kappa shape index (κ2) is 6.89. The molecule has 0 bridgehead atoms. The number of hydrogen-bond acceptors (Lipinski definition) is 3. The van der Waals surface area contributed by atoms with Gasteiger partial charge in [0.2, 0.25) is 0 Å². The summed E-state index contributed by atoms with van der Waals surface area (Å²) in [5, 5.41) is 9.15. The van der Waals surface area contributed by atoms with Crippen LogP contribution in [-0.4, -0.2) is 47.5 Å². The molecular weight excluding hydrogens is 294 g/mol. The van der Waals surface area contributed by atoms with E-state index in [0.29, 0.717) is 19.7 Å². The van der Waals surface area contributed by atoms with E-state index in [-0.39, 0.29) is 17.8 Å². The van der Waals surface area contributed by atoms with Crippen LogP contribution in [0.1, 0.15) is 44.3 Å². The molecule has 1 spiro atoms. The number of nitrogens with zero attached hydrogens (tertiary/aromatic N) is 1. The highest BCUT2D eigenvalue weighted by Crippen LogP contribution is 2.43. The second-order valence-corrected chi connectivity index (χ2v) is 6.49. The highest BCUT2D eigenvalue weighted by Gasteiger charge is 2.45. The number of amides is 1. The molecule has 1 aromatic rings. The maximum absolute atomic E-state index is 11.1. The van der Waals surface area contributed by atoms with Crippen LogP contribution in [-0.2, 0) is 9.47 Å². The van der Waals surface area contributed by atoms with Gasteiger partial charge in [0.25, 0.3) is 0 Å². The van der Waals surface area contributed by atoms with Crippen LogP contribution in [0.2, 0.25) is 0 Å². The van der Waals surface area contributed by atoms with Gasteiger partial charge in [0, 0.05) is 32.5 Å². The number of carboxylic acid groups (broad SMARTS) is 1. The lowest BCUT2D eigenvalue weighted by molar-refractivity contribution is -0.191. The van der Waals surface area contributed by atoms with E-state index in [9.17, 15) is 4.79 Å². The molecule has 2 aliphatic heterocycles. The molecule has 5 nitrogen and oxygen atoms in total. The van der Waals surface area contributed by atoms with Gasteiger partial charge < -0.3 is 19.5 Å². The van der Waals surface area contributed by atoms with Crippen LogP contribution in [0.25, 0.3) is 0 Å². The van der Waals surface area contributed by atoms with Gasteiger partial charge >= 0.3 is 6.09 Å². The molecule has 2 unspecified atom stereocenters. The van der Waals surface area contributed by atoms with E-state index in [0.717, 1.165) is 25.7 Å². The van der Waals surface area contributed by atoms with Crippen LogP contribution in [0.4, 0.5) is 4.79 Å². The fourth-order valence-electron chi connectivity index (χ4n) is 3.80. The number of rotatable bonds is 3. The first-order valence-electron chi connectivity index (χ1n) is 8.44. The number of carbonyl (C=O) groups is 1. The largest absolute Gasteiger partial charge is 0.465 e. The van der Waals surface area contributed by atoms with Crippen molar-refractivity contribution in [3.8, 4) is 0 Å². The van der Waals surface area contributed by atoms with Gasteiger partial charge in [-0.25, -0.2) is 4.79 Å². The van der Waals surface area contributed by atoms with Crippen LogP contribution in [0, 0.1) is 0 Å². The fourth-order valence-corrected chi connectivity index (χ4v) is 3.80. The zero-order valence-corrected chi connectivity index (χ0v) is 13.6. The van der Waals surface area contributed by atoms with Gasteiger partial charge in [-0.05, 0) is 25.3 Å². The third-order valence-corrected chi connectivity index (χ3v) is 4.99. The molecule has 126 valence electrons. The fraction of sp³-hybridized carbons (Fsp3) is 0.611. The summed E-state index contributed by atoms with van der Waals surface area (Å²) in [6.45, 7) is 3.79. The summed E-state index contributed by atoms with van der Waals surface area (Å²) >= 11 is 0. The summed E-state index contributed by atoms with van der Waals surface area (Å²) < 4.78 is 12.4. The highest BCUT2D eigenvalue weighted by molar-refractivity contribution is 5.65. The Kier molecular flexibility index (Phi) is 4.87. The standard InChI is InChI=1S/C18H25NO4/c1-2-22-15-12-16(14-6-4-3-5-7-14)23-18(13-15)8-10-19(11-9-18)17(20)21/h3-7,15-16H,2,8-13H2,1H3,(H,20,21). The van der Waals surface area contributed by atoms with E-state index in [1.165, 1.54) is 10.5 Å². The molecule has 1 aromatic carbocycles. The van der Waals surface area contributed by atoms with Gasteiger partial charge in [0.1, 0.15) is 0 Å². The minimum absolute atomic E-state index is 0.0258. The quantitative estimate of drug-likeness (QED) is 0.927. The van der Waals surface area contributed by atoms with E-state index in [2.05, 4.69) is 12.1 Å². The molecule has 0 aliphatic carbocycles. The maximum atomic E-state index is 11.1. The molecule has 2 fully saturated rings. The summed E-state index contributed by atoms with van der Waals surface area (Å²) in [6.07, 6.45) is 2.57. The zero-order chi connectivity index (χ0) is 16.3. The Balaban J connectivity index is 1.76. The first-order valence-corrected chi connectivity index (χ1v) is 8.44. The van der Waals surface area contributed by atoms with Crippen LogP contribution < -0.4 is 0 Å². The van der Waals surface area contributed by atoms with Gasteiger partial charge in [-0.3, -0.25) is 0 Å². The van der Waals surface area contributed by atoms with Gasteiger partial charge in [0.05, 0.1) is 17.8 Å². The smallest absolute Gasteiger partial charge is 0.407 e. The van der Waals surface area contributed by atoms with Gasteiger partial charge in [-0.2, -0.15) is 0 Å². The summed E-state index contributed by atoms with van der Waals surface area (Å²) in [6, 6.07) is 10.3. The normalized spacial score (nSPS) is 27.1. The second-order valence-electron chi connectivity index (χ2n) is 6.49. The summed E-state index contributed by atoms with van der Waals surface area (Å²) in [5.41, 5.74) is 0.918. The minimum atomic E-state index is -0.836. The molecule has 0 radical (unpaired) electrons. The topological polar surface area (TPSA) is 59.0 Å². The van der Waals surface area contributed by atoms with Crippen molar-refractivity contribution in [3.63, 3.8) is 0 Å². The molecular formula is C18H25NO4. The van der Waals surface area contributed by atoms with Gasteiger partial charge in [-0.15, -0.1) is 0 Å². The van der Waals surface area contributed by atoms with Crippen LogP contribution >= 0.6 is 0 Å². The summed E-state index contributed by atoms with van der Waals surface area (Å²) in [7, 11) is 0. The van der Waals surface area contributed by atoms with Crippen molar-refractivity contribution in [1.82, 2.24) is 4.90 Å². The van der Waals surface area contributed by atoms with E-state index >= 15 is 0 Å². The third kappa shape index (κ3) is 3.67. The van der Waals surface area contributed by atoms with E-state index in [1.54, 1.807) is 0 Å². The summed E-state index contributed by atoms with van der Waals surface area (Å²) in [5.74, 6) is 0. The predicted octanol–water partition coefficient (Wildman–Crippen LogP) is 3.46. The number of likely N-dealkylation sites (tertiary alicyclic amines) is 1. The Morgan fingerprint density at radius 2 is 2.04 bits per heavy atom. The number of benzene rings is 1. The van der Waals surface area contributed by atoms with E-state index in [1.807, 2.05) is 25.1 Å². The van der Waals surface area contributed by atoms with Crippen molar-refractivity contribution in [2.75, 3.05) is 19.7 Å². The molecule has 2 atom stereocenters. The minimum Gasteiger partial charge on any atom is -0.465 e. The Labute approximate surface area is 137 Å². The first kappa shape index (κ1) is 16.3. The SMILES string of the molecule is CCOC1CC(c2ccccc2)OC2(CCN(C(=O)O)CC2)C1. The molecule has 1 amide bonds. The van der Waals surface area contributed by atoms with Crippen molar-refractivity contribution < 1.29 is 19.4 Å². The zero-order valence-electron chi connectivity index (χ0n) is 13.6. The van der Waals surface area contributed by atoms with Crippen LogP contribution in [0.5, 0.6) is 0 Å². The third-order valence-electron chi connectivity index (χ3n) is 4.99. The lowest BCUT2D eigenvalue weighted by atomic mass is 9.81. The number of piperidine rings is 1. The Bertz CT molecular complexity index is 525. The predicted molar refractivity (Wildman–Crippen MR) is 86.5 cm³/mol. The monoisotopic (exact) mass is 319 g/mol. The molecule has 23 heavy (non-hydrogen) atoms. The van der Waals surface area contributed by atoms with E-state index < -0.39 is 6.09 Å². The Morgan fingerprint density at radius 3 is 2.65 bits per heavy atom. The van der Waals surface area contributed by atoms with Crippen molar-refractivity contribution in [3.05, 3.63) is 35.9 Å². The molecule has 0 aromatic heterocycles. The summed E-state index contributed by atoms with van der Waals surface area (Å²) in [4.78, 5) is 12.6. The van der Waals surface area contributed by atoms with Crippen molar-refractivity contribution in [1.29, 1.82) is 0 Å². The molecule has 5 heteroatoms. The molecule has 0 saturated carbocycles. The van der Waals surface area contributed by atoms with Crippen molar-refractivity contribution >= 4 is 6.09 Å². The number of hydrogen-bond donors (Lipinski definition) is 1. The average Bonchev–Trinajstić information content (AvgIpc) is 2.56. The maximum Gasteiger partial charge on any atom is 0.407 e. The lowest BCUT2D eigenvalue weighted by Crippen LogP contribution is -2.52. The highest BCUT2D eigenvalue weighted by atomic mass is 16.5. The average molecular weight is 319 g/mol. The first-order chi connectivity index (χ1) is 11.1. The molecule has 1 N–H and O–H groups in total. The Hall–Kier alpha value is -1.59. The van der Waals surface area contributed by atoms with Crippen molar-refractivity contribution in [2.24, 2.45) is 0 Å². The molecule has 3 rings (SSSR count). The molecule has 2 heterocycles. The van der Waals surface area contributed by atoms with Crippen LogP contribution in [0.15, 0.2) is 30.3 Å². The molecule has 2 aliphatic rings. The van der Waals surface area contributed by atoms with Crippen LogP contribution in [0.3, 0.4) is 0 Å². The van der Waals surface area contributed by atoms with Gasteiger partial charge in [-0.1, -0.05) is 30.3 Å². The molecule has 2 saturated heterocycles. The van der Waals surface area contributed by atoms with E-state index in [4.69, 9.17) is 14.6 Å². The van der Waals surface area contributed by atoms with Crippen molar-refractivity contribution in [2.45, 2.75) is 50.4 Å².